The van der Waals surface area contributed by atoms with Gasteiger partial charge in [-0.25, -0.2) is 9.78 Å². The lowest BCUT2D eigenvalue weighted by atomic mass is 10.1. The molecule has 0 bridgehead atoms. The lowest BCUT2D eigenvalue weighted by Gasteiger charge is -2.06. The van der Waals surface area contributed by atoms with Gasteiger partial charge in [0.1, 0.15) is 11.6 Å². The number of carboxylic acids is 1. The van der Waals surface area contributed by atoms with Gasteiger partial charge in [-0.3, -0.25) is 9.89 Å². The highest BCUT2D eigenvalue weighted by molar-refractivity contribution is 5.92. The normalized spacial score (nSPS) is 10.5. The van der Waals surface area contributed by atoms with Crippen LogP contribution in [0.1, 0.15) is 5.56 Å². The van der Waals surface area contributed by atoms with E-state index in [1.165, 1.54) is 0 Å². The minimum Gasteiger partial charge on any atom is -0.497 e. The van der Waals surface area contributed by atoms with Gasteiger partial charge < -0.3 is 15.2 Å². The second-order valence-electron chi connectivity index (χ2n) is 5.79. The zero-order valence-corrected chi connectivity index (χ0v) is 15.6. The van der Waals surface area contributed by atoms with Crippen LogP contribution in [0.25, 0.3) is 11.1 Å². The number of aliphatic carboxylic acids is 1. The van der Waals surface area contributed by atoms with E-state index in [9.17, 15) is 18.0 Å². The number of alkyl halides is 3. The standard InChI is InChI=1S/C17H16N4O2.C2HF3O2/c1-23-15-4-2-12(3-5-15)8-17(22)21-16-9-13(6-7-18-16)14-10-19-20-11-14;3-2(4,5)1(6)7/h2-7,9-11H,8H2,1H3,(H,19,20)(H,18,21,22);(H,6,7). The van der Waals surface area contributed by atoms with Crippen molar-refractivity contribution in [1.82, 2.24) is 15.2 Å². The number of carbonyl (C=O) groups is 2. The van der Waals surface area contributed by atoms with E-state index in [2.05, 4.69) is 20.5 Å². The van der Waals surface area contributed by atoms with E-state index >= 15 is 0 Å². The van der Waals surface area contributed by atoms with Gasteiger partial charge in [0.25, 0.3) is 0 Å². The molecule has 0 atom stereocenters. The van der Waals surface area contributed by atoms with Gasteiger partial charge in [0.15, 0.2) is 0 Å². The first-order valence-electron chi connectivity index (χ1n) is 8.37. The number of aromatic amines is 1. The summed E-state index contributed by atoms with van der Waals surface area (Å²) >= 11 is 0. The number of nitrogens with zero attached hydrogens (tertiary/aromatic N) is 2. The quantitative estimate of drug-likeness (QED) is 0.581. The van der Waals surface area contributed by atoms with E-state index in [-0.39, 0.29) is 12.3 Å². The third-order valence-electron chi connectivity index (χ3n) is 3.63. The number of halogens is 3. The number of hydrogen-bond acceptors (Lipinski definition) is 5. The van der Waals surface area contributed by atoms with E-state index in [0.717, 1.165) is 22.4 Å². The summed E-state index contributed by atoms with van der Waals surface area (Å²) in [5.74, 6) is -1.59. The van der Waals surface area contributed by atoms with Crippen molar-refractivity contribution in [3.05, 3.63) is 60.6 Å². The van der Waals surface area contributed by atoms with Gasteiger partial charge in [-0.15, -0.1) is 0 Å². The van der Waals surface area contributed by atoms with Gasteiger partial charge in [-0.2, -0.15) is 18.3 Å². The van der Waals surface area contributed by atoms with Gasteiger partial charge >= 0.3 is 12.1 Å². The first kappa shape index (κ1) is 22.4. The molecule has 3 aromatic rings. The largest absolute Gasteiger partial charge is 0.497 e. The number of ether oxygens (including phenoxy) is 1. The molecule has 0 unspecified atom stereocenters. The van der Waals surface area contributed by atoms with Crippen LogP contribution in [0.15, 0.2) is 55.0 Å². The van der Waals surface area contributed by atoms with Crippen LogP contribution in [0.4, 0.5) is 19.0 Å². The van der Waals surface area contributed by atoms with Crippen molar-refractivity contribution in [3.8, 4) is 16.9 Å². The summed E-state index contributed by atoms with van der Waals surface area (Å²) < 4.78 is 36.8. The summed E-state index contributed by atoms with van der Waals surface area (Å²) in [6.45, 7) is 0. The molecule has 3 N–H and O–H groups in total. The molecule has 0 saturated heterocycles. The summed E-state index contributed by atoms with van der Waals surface area (Å²) in [6.07, 6.45) is 0.365. The van der Waals surface area contributed by atoms with Crippen molar-refractivity contribution in [3.63, 3.8) is 0 Å². The maximum Gasteiger partial charge on any atom is 0.490 e. The predicted octanol–water partition coefficient (Wildman–Crippen LogP) is 3.29. The fraction of sp³-hybridized carbons (Fsp3) is 0.158. The molecule has 2 aromatic heterocycles. The van der Waals surface area contributed by atoms with E-state index in [1.807, 2.05) is 36.4 Å². The van der Waals surface area contributed by atoms with Crippen LogP contribution in [-0.2, 0) is 16.0 Å². The predicted molar refractivity (Wildman–Crippen MR) is 101 cm³/mol. The lowest BCUT2D eigenvalue weighted by molar-refractivity contribution is -0.192. The van der Waals surface area contributed by atoms with Gasteiger partial charge in [-0.1, -0.05) is 12.1 Å². The Morgan fingerprint density at radius 1 is 1.17 bits per heavy atom. The molecule has 0 fully saturated rings. The zero-order chi connectivity index (χ0) is 22.1. The van der Waals surface area contributed by atoms with Crippen molar-refractivity contribution in [2.45, 2.75) is 12.6 Å². The van der Waals surface area contributed by atoms with Gasteiger partial charge in [0.2, 0.25) is 5.91 Å². The smallest absolute Gasteiger partial charge is 0.490 e. The Kier molecular flexibility index (Phi) is 7.50. The molecular formula is C19H17F3N4O4. The average Bonchev–Trinajstić information content (AvgIpc) is 3.23. The highest BCUT2D eigenvalue weighted by atomic mass is 19.4. The Bertz CT molecular complexity index is 974. The number of carboxylic acid groups (broad SMARTS) is 1. The second-order valence-corrected chi connectivity index (χ2v) is 5.79. The summed E-state index contributed by atoms with van der Waals surface area (Å²) in [5.41, 5.74) is 2.79. The Balaban J connectivity index is 0.000000396. The van der Waals surface area contributed by atoms with Gasteiger partial charge in [0, 0.05) is 18.0 Å². The molecule has 2 heterocycles. The molecule has 8 nitrogen and oxygen atoms in total. The SMILES string of the molecule is COc1ccc(CC(=O)Nc2cc(-c3cn[nH]c3)ccn2)cc1.O=C(O)C(F)(F)F. The molecule has 1 amide bonds. The van der Waals surface area contributed by atoms with Crippen LogP contribution in [-0.4, -0.2) is 45.5 Å². The zero-order valence-electron chi connectivity index (χ0n) is 15.6. The number of pyridine rings is 1. The maximum atomic E-state index is 12.1. The molecule has 0 aliphatic heterocycles. The van der Waals surface area contributed by atoms with Crippen molar-refractivity contribution in [1.29, 1.82) is 0 Å². The number of methoxy groups -OCH3 is 1. The third kappa shape index (κ3) is 6.93. The van der Waals surface area contributed by atoms with Crippen LogP contribution < -0.4 is 10.1 Å². The van der Waals surface area contributed by atoms with Crippen LogP contribution in [0.5, 0.6) is 5.75 Å². The molecule has 3 rings (SSSR count). The molecule has 158 valence electrons. The minimum absolute atomic E-state index is 0.119. The second kappa shape index (κ2) is 10.0. The third-order valence-corrected chi connectivity index (χ3v) is 3.63. The van der Waals surface area contributed by atoms with Crippen LogP contribution in [0.2, 0.25) is 0 Å². The lowest BCUT2D eigenvalue weighted by Crippen LogP contribution is -2.21. The number of nitrogens with one attached hydrogen (secondary N) is 2. The van der Waals surface area contributed by atoms with E-state index < -0.39 is 12.1 Å². The molecule has 0 aliphatic rings. The monoisotopic (exact) mass is 422 g/mol. The minimum atomic E-state index is -5.08. The molecule has 1 aromatic carbocycles. The Morgan fingerprint density at radius 3 is 2.37 bits per heavy atom. The van der Waals surface area contributed by atoms with Crippen molar-refractivity contribution < 1.29 is 32.6 Å². The van der Waals surface area contributed by atoms with Gasteiger partial charge in [0.05, 0.1) is 19.7 Å². The molecule has 0 spiro atoms. The number of H-pyrrole nitrogens is 1. The van der Waals surface area contributed by atoms with Crippen molar-refractivity contribution >= 4 is 17.7 Å². The topological polar surface area (TPSA) is 117 Å². The highest BCUT2D eigenvalue weighted by Crippen LogP contribution is 2.20. The van der Waals surface area contributed by atoms with Gasteiger partial charge in [-0.05, 0) is 35.4 Å². The number of hydrogen-bond donors (Lipinski definition) is 3. The molecule has 0 radical (unpaired) electrons. The van der Waals surface area contributed by atoms with E-state index in [0.29, 0.717) is 5.82 Å². The Hall–Kier alpha value is -3.89. The Labute approximate surface area is 168 Å². The number of aromatic nitrogens is 3. The van der Waals surface area contributed by atoms with Crippen LogP contribution in [0, 0.1) is 0 Å². The van der Waals surface area contributed by atoms with E-state index in [1.54, 1.807) is 25.7 Å². The van der Waals surface area contributed by atoms with Crippen molar-refractivity contribution in [2.75, 3.05) is 12.4 Å². The first-order chi connectivity index (χ1) is 14.2. The van der Waals surface area contributed by atoms with Crippen LogP contribution >= 0.6 is 0 Å². The Morgan fingerprint density at radius 2 is 1.83 bits per heavy atom. The number of benzene rings is 1. The fourth-order valence-corrected chi connectivity index (χ4v) is 2.20. The van der Waals surface area contributed by atoms with E-state index in [4.69, 9.17) is 14.6 Å². The molecular weight excluding hydrogens is 405 g/mol. The summed E-state index contributed by atoms with van der Waals surface area (Å²) in [4.78, 5) is 25.2. The summed E-state index contributed by atoms with van der Waals surface area (Å²) in [6, 6.07) is 11.1. The summed E-state index contributed by atoms with van der Waals surface area (Å²) in [5, 5.41) is 16.6. The highest BCUT2D eigenvalue weighted by Gasteiger charge is 2.38. The maximum absolute atomic E-state index is 12.1. The molecule has 30 heavy (non-hydrogen) atoms. The number of carbonyl (C=O) groups excluding carboxylic acids is 1. The number of rotatable bonds is 5. The average molecular weight is 422 g/mol. The fourth-order valence-electron chi connectivity index (χ4n) is 2.20. The first-order valence-corrected chi connectivity index (χ1v) is 8.37. The summed E-state index contributed by atoms with van der Waals surface area (Å²) in [7, 11) is 1.61. The molecule has 11 heteroatoms. The molecule has 0 aliphatic carbocycles. The van der Waals surface area contributed by atoms with Crippen LogP contribution in [0.3, 0.4) is 0 Å². The number of amides is 1. The van der Waals surface area contributed by atoms with Crippen molar-refractivity contribution in [2.24, 2.45) is 0 Å². The molecule has 0 saturated carbocycles. The number of anilines is 1.